The standard InChI is InChI=1S/C12H25NO2/c1-11(2,6-7-14)9-15-10-12(3,4)8-13-5/h7,13H,6,8-10H2,1-5H3. The molecule has 0 aliphatic carbocycles. The van der Waals surface area contributed by atoms with Gasteiger partial charge in [-0.2, -0.15) is 0 Å². The van der Waals surface area contributed by atoms with Gasteiger partial charge in [0, 0.05) is 18.4 Å². The summed E-state index contributed by atoms with van der Waals surface area (Å²) < 4.78 is 5.67. The van der Waals surface area contributed by atoms with E-state index in [1.54, 1.807) is 0 Å². The van der Waals surface area contributed by atoms with Gasteiger partial charge >= 0.3 is 0 Å². The van der Waals surface area contributed by atoms with Gasteiger partial charge in [0.05, 0.1) is 13.2 Å². The highest BCUT2D eigenvalue weighted by Crippen LogP contribution is 2.21. The topological polar surface area (TPSA) is 38.3 Å². The molecule has 0 spiro atoms. The SMILES string of the molecule is CNCC(C)(C)COCC(C)(C)CC=O. The Hall–Kier alpha value is -0.410. The molecule has 0 bridgehead atoms. The third-order valence-electron chi connectivity index (χ3n) is 2.28. The molecule has 0 radical (unpaired) electrons. The second-order valence-electron chi connectivity index (χ2n) is 5.72. The first kappa shape index (κ1) is 14.6. The van der Waals surface area contributed by atoms with Crippen molar-refractivity contribution in [2.24, 2.45) is 10.8 Å². The van der Waals surface area contributed by atoms with Crippen LogP contribution in [0.5, 0.6) is 0 Å². The monoisotopic (exact) mass is 215 g/mol. The number of hydrogen-bond donors (Lipinski definition) is 1. The quantitative estimate of drug-likeness (QED) is 0.628. The van der Waals surface area contributed by atoms with E-state index in [4.69, 9.17) is 4.74 Å². The number of carbonyl (C=O) groups is 1. The summed E-state index contributed by atoms with van der Waals surface area (Å²) in [4.78, 5) is 10.4. The van der Waals surface area contributed by atoms with E-state index in [2.05, 4.69) is 19.2 Å². The second kappa shape index (κ2) is 6.23. The van der Waals surface area contributed by atoms with Crippen LogP contribution in [0.2, 0.25) is 0 Å². The molecule has 0 unspecified atom stereocenters. The highest BCUT2D eigenvalue weighted by Gasteiger charge is 2.21. The average molecular weight is 215 g/mol. The van der Waals surface area contributed by atoms with E-state index in [0.717, 1.165) is 19.4 Å². The normalized spacial score (nSPS) is 12.9. The number of ether oxygens (including phenoxy) is 1. The Morgan fingerprint density at radius 1 is 1.13 bits per heavy atom. The van der Waals surface area contributed by atoms with E-state index in [1.165, 1.54) is 0 Å². The Balaban J connectivity index is 3.82. The van der Waals surface area contributed by atoms with Crippen molar-refractivity contribution in [2.75, 3.05) is 26.8 Å². The number of rotatable bonds is 8. The van der Waals surface area contributed by atoms with Crippen LogP contribution in [0.3, 0.4) is 0 Å². The Bertz CT molecular complexity index is 188. The van der Waals surface area contributed by atoms with Crippen molar-refractivity contribution >= 4 is 6.29 Å². The summed E-state index contributed by atoms with van der Waals surface area (Å²) in [6.07, 6.45) is 1.52. The van der Waals surface area contributed by atoms with Gasteiger partial charge in [0.25, 0.3) is 0 Å². The lowest BCUT2D eigenvalue weighted by Gasteiger charge is -2.27. The first-order chi connectivity index (χ1) is 6.83. The molecule has 0 aromatic carbocycles. The van der Waals surface area contributed by atoms with Crippen LogP contribution in [0.25, 0.3) is 0 Å². The van der Waals surface area contributed by atoms with Crippen LogP contribution in [0.1, 0.15) is 34.1 Å². The van der Waals surface area contributed by atoms with Crippen molar-refractivity contribution in [2.45, 2.75) is 34.1 Å². The smallest absolute Gasteiger partial charge is 0.120 e. The lowest BCUT2D eigenvalue weighted by Crippen LogP contribution is -2.33. The molecule has 3 heteroatoms. The summed E-state index contributed by atoms with van der Waals surface area (Å²) in [6, 6.07) is 0. The summed E-state index contributed by atoms with van der Waals surface area (Å²) in [7, 11) is 1.94. The van der Waals surface area contributed by atoms with Crippen molar-refractivity contribution in [3.8, 4) is 0 Å². The van der Waals surface area contributed by atoms with Crippen molar-refractivity contribution < 1.29 is 9.53 Å². The van der Waals surface area contributed by atoms with Gasteiger partial charge in [0.1, 0.15) is 6.29 Å². The average Bonchev–Trinajstić information content (AvgIpc) is 2.02. The van der Waals surface area contributed by atoms with Gasteiger partial charge in [0.2, 0.25) is 0 Å². The molecule has 0 rings (SSSR count). The van der Waals surface area contributed by atoms with Gasteiger partial charge in [-0.1, -0.05) is 27.7 Å². The molecule has 0 aromatic heterocycles. The van der Waals surface area contributed by atoms with Gasteiger partial charge < -0.3 is 14.8 Å². The molecular formula is C12H25NO2. The first-order valence-electron chi connectivity index (χ1n) is 5.49. The fraction of sp³-hybridized carbons (Fsp3) is 0.917. The predicted molar refractivity (Wildman–Crippen MR) is 63.0 cm³/mol. The number of aldehydes is 1. The van der Waals surface area contributed by atoms with Crippen LogP contribution in [0, 0.1) is 10.8 Å². The zero-order valence-corrected chi connectivity index (χ0v) is 10.7. The summed E-state index contributed by atoms with van der Waals surface area (Å²) in [5.41, 5.74) is 0.101. The fourth-order valence-electron chi connectivity index (χ4n) is 1.42. The molecule has 0 aliphatic rings. The van der Waals surface area contributed by atoms with Crippen LogP contribution in [0.4, 0.5) is 0 Å². The second-order valence-corrected chi connectivity index (χ2v) is 5.72. The van der Waals surface area contributed by atoms with Gasteiger partial charge in [-0.25, -0.2) is 0 Å². The van der Waals surface area contributed by atoms with Crippen LogP contribution in [0.15, 0.2) is 0 Å². The highest BCUT2D eigenvalue weighted by atomic mass is 16.5. The largest absolute Gasteiger partial charge is 0.380 e. The van der Waals surface area contributed by atoms with E-state index < -0.39 is 0 Å². The minimum absolute atomic E-state index is 0.0442. The molecule has 0 heterocycles. The summed E-state index contributed by atoms with van der Waals surface area (Å²) in [6.45, 7) is 10.7. The lowest BCUT2D eigenvalue weighted by atomic mass is 9.91. The van der Waals surface area contributed by atoms with Crippen LogP contribution >= 0.6 is 0 Å². The summed E-state index contributed by atoms with van der Waals surface area (Å²) in [5, 5.41) is 3.14. The minimum Gasteiger partial charge on any atom is -0.380 e. The third kappa shape index (κ3) is 7.51. The fourth-order valence-corrected chi connectivity index (χ4v) is 1.42. The number of nitrogens with one attached hydrogen (secondary N) is 1. The molecule has 0 saturated carbocycles. The molecule has 3 nitrogen and oxygen atoms in total. The summed E-state index contributed by atoms with van der Waals surface area (Å²) >= 11 is 0. The molecule has 90 valence electrons. The molecule has 0 atom stereocenters. The zero-order chi connectivity index (χ0) is 11.9. The van der Waals surface area contributed by atoms with Gasteiger partial charge in [0.15, 0.2) is 0 Å². The molecule has 1 N–H and O–H groups in total. The Morgan fingerprint density at radius 2 is 1.67 bits per heavy atom. The third-order valence-corrected chi connectivity index (χ3v) is 2.28. The maximum Gasteiger partial charge on any atom is 0.120 e. The minimum atomic E-state index is -0.0442. The maximum absolute atomic E-state index is 10.4. The van der Waals surface area contributed by atoms with Gasteiger partial charge in [-0.05, 0) is 12.5 Å². The van der Waals surface area contributed by atoms with Crippen LogP contribution < -0.4 is 5.32 Å². The van der Waals surface area contributed by atoms with Crippen molar-refractivity contribution in [3.63, 3.8) is 0 Å². The highest BCUT2D eigenvalue weighted by molar-refractivity contribution is 5.50. The zero-order valence-electron chi connectivity index (χ0n) is 10.7. The Kier molecular flexibility index (Phi) is 6.06. The van der Waals surface area contributed by atoms with E-state index in [0.29, 0.717) is 13.0 Å². The molecular weight excluding hydrogens is 190 g/mol. The molecule has 0 aromatic rings. The Morgan fingerprint density at radius 3 is 2.13 bits per heavy atom. The van der Waals surface area contributed by atoms with Crippen LogP contribution in [-0.4, -0.2) is 33.1 Å². The van der Waals surface area contributed by atoms with E-state index in [1.807, 2.05) is 20.9 Å². The van der Waals surface area contributed by atoms with E-state index in [-0.39, 0.29) is 10.8 Å². The predicted octanol–water partition coefficient (Wildman–Crippen LogP) is 1.86. The molecule has 0 aliphatic heterocycles. The molecule has 0 fully saturated rings. The number of carbonyl (C=O) groups excluding carboxylic acids is 1. The van der Waals surface area contributed by atoms with E-state index in [9.17, 15) is 4.79 Å². The maximum atomic E-state index is 10.4. The van der Waals surface area contributed by atoms with Crippen molar-refractivity contribution in [1.82, 2.24) is 5.32 Å². The van der Waals surface area contributed by atoms with E-state index >= 15 is 0 Å². The van der Waals surface area contributed by atoms with Gasteiger partial charge in [-0.15, -0.1) is 0 Å². The van der Waals surface area contributed by atoms with Crippen molar-refractivity contribution in [1.29, 1.82) is 0 Å². The lowest BCUT2D eigenvalue weighted by molar-refractivity contribution is -0.110. The Labute approximate surface area is 93.6 Å². The van der Waals surface area contributed by atoms with Gasteiger partial charge in [-0.3, -0.25) is 0 Å². The van der Waals surface area contributed by atoms with Crippen LogP contribution in [-0.2, 0) is 9.53 Å². The first-order valence-corrected chi connectivity index (χ1v) is 5.49. The number of hydrogen-bond acceptors (Lipinski definition) is 3. The summed E-state index contributed by atoms with van der Waals surface area (Å²) in [5.74, 6) is 0. The van der Waals surface area contributed by atoms with Crippen molar-refractivity contribution in [3.05, 3.63) is 0 Å². The molecule has 15 heavy (non-hydrogen) atoms. The molecule has 0 amide bonds. The molecule has 0 saturated heterocycles.